The van der Waals surface area contributed by atoms with Crippen LogP contribution in [0.4, 0.5) is 0 Å². The highest BCUT2D eigenvalue weighted by molar-refractivity contribution is 6.01. The smallest absolute Gasteiger partial charge is 0.219 e. The van der Waals surface area contributed by atoms with E-state index in [1.807, 2.05) is 54.6 Å². The number of hydrogen-bond donors (Lipinski definition) is 1. The van der Waals surface area contributed by atoms with E-state index in [1.54, 1.807) is 6.07 Å². The lowest BCUT2D eigenvalue weighted by Crippen LogP contribution is -2.20. The molecule has 0 aliphatic heterocycles. The number of nitrogens with two attached hydrogens (primary N) is 1. The van der Waals surface area contributed by atoms with Gasteiger partial charge < -0.3 is 10.2 Å². The maximum atomic E-state index is 12.3. The van der Waals surface area contributed by atoms with Gasteiger partial charge in [0, 0.05) is 5.39 Å². The van der Waals surface area contributed by atoms with Crippen LogP contribution in [-0.2, 0) is 0 Å². The number of benzene rings is 2. The molecule has 0 amide bonds. The second-order valence-electron chi connectivity index (χ2n) is 4.40. The topological polar surface area (TPSA) is 56.2 Å². The predicted octanol–water partition coefficient (Wildman–Crippen LogP) is 3.32. The molecule has 2 aromatic carbocycles. The van der Waals surface area contributed by atoms with Crippen molar-refractivity contribution in [1.29, 1.82) is 0 Å². The van der Waals surface area contributed by atoms with E-state index >= 15 is 0 Å². The van der Waals surface area contributed by atoms with Crippen molar-refractivity contribution in [3.05, 3.63) is 72.0 Å². The fraction of sp³-hybridized carbons (Fsp3) is 0.0625. The summed E-state index contributed by atoms with van der Waals surface area (Å²) in [7, 11) is 0. The molecule has 3 rings (SSSR count). The van der Waals surface area contributed by atoms with Gasteiger partial charge in [0.05, 0.1) is 6.04 Å². The molecule has 94 valence electrons. The maximum absolute atomic E-state index is 12.3. The molecular weight excluding hydrogens is 238 g/mol. The summed E-state index contributed by atoms with van der Waals surface area (Å²) in [5, 5.41) is 0.908. The number of ketones is 1. The van der Waals surface area contributed by atoms with Crippen LogP contribution >= 0.6 is 0 Å². The van der Waals surface area contributed by atoms with Gasteiger partial charge in [0.2, 0.25) is 5.78 Å². The molecule has 0 fully saturated rings. The molecule has 3 nitrogen and oxygen atoms in total. The zero-order valence-electron chi connectivity index (χ0n) is 10.2. The molecule has 19 heavy (non-hydrogen) atoms. The van der Waals surface area contributed by atoms with Crippen LogP contribution < -0.4 is 5.73 Å². The van der Waals surface area contributed by atoms with Gasteiger partial charge in [-0.2, -0.15) is 0 Å². The zero-order chi connectivity index (χ0) is 13.2. The van der Waals surface area contributed by atoms with Gasteiger partial charge >= 0.3 is 0 Å². The van der Waals surface area contributed by atoms with E-state index in [0.29, 0.717) is 11.3 Å². The first-order chi connectivity index (χ1) is 9.25. The van der Waals surface area contributed by atoms with Crippen LogP contribution in [0, 0.1) is 0 Å². The highest BCUT2D eigenvalue weighted by atomic mass is 16.3. The number of carbonyl (C=O) groups is 1. The molecule has 0 spiro atoms. The Morgan fingerprint density at radius 2 is 1.68 bits per heavy atom. The van der Waals surface area contributed by atoms with Crippen molar-refractivity contribution in [3.63, 3.8) is 0 Å². The van der Waals surface area contributed by atoms with E-state index in [1.165, 1.54) is 0 Å². The minimum atomic E-state index is -0.693. The third kappa shape index (κ3) is 2.16. The van der Waals surface area contributed by atoms with Crippen molar-refractivity contribution in [2.45, 2.75) is 6.04 Å². The van der Waals surface area contributed by atoms with Crippen LogP contribution in [-0.4, -0.2) is 5.78 Å². The SMILES string of the molecule is N[C@@H](C(=O)c1cc2ccccc2o1)c1ccccc1. The molecule has 1 aromatic heterocycles. The molecule has 1 atom stereocenters. The summed E-state index contributed by atoms with van der Waals surface area (Å²) in [5.41, 5.74) is 7.47. The highest BCUT2D eigenvalue weighted by Crippen LogP contribution is 2.23. The first-order valence-electron chi connectivity index (χ1n) is 6.09. The Bertz CT molecular complexity index is 683. The fourth-order valence-electron chi connectivity index (χ4n) is 2.07. The van der Waals surface area contributed by atoms with Gasteiger partial charge in [0.1, 0.15) is 5.58 Å². The average Bonchev–Trinajstić information content (AvgIpc) is 2.90. The number of carbonyl (C=O) groups excluding carboxylic acids is 1. The fourth-order valence-corrected chi connectivity index (χ4v) is 2.07. The Morgan fingerprint density at radius 3 is 2.42 bits per heavy atom. The molecule has 0 saturated heterocycles. The second-order valence-corrected chi connectivity index (χ2v) is 4.40. The number of rotatable bonds is 3. The monoisotopic (exact) mass is 251 g/mol. The Hall–Kier alpha value is -2.39. The van der Waals surface area contributed by atoms with Crippen molar-refractivity contribution < 1.29 is 9.21 Å². The number of hydrogen-bond acceptors (Lipinski definition) is 3. The maximum Gasteiger partial charge on any atom is 0.219 e. The highest BCUT2D eigenvalue weighted by Gasteiger charge is 2.21. The number of Topliss-reactive ketones (excluding diaryl/α,β-unsaturated/α-hetero) is 1. The second kappa shape index (κ2) is 4.71. The van der Waals surface area contributed by atoms with Gasteiger partial charge in [-0.15, -0.1) is 0 Å². The lowest BCUT2D eigenvalue weighted by molar-refractivity contribution is 0.0936. The van der Waals surface area contributed by atoms with Crippen LogP contribution in [0.25, 0.3) is 11.0 Å². The van der Waals surface area contributed by atoms with Gasteiger partial charge in [-0.1, -0.05) is 48.5 Å². The average molecular weight is 251 g/mol. The minimum absolute atomic E-state index is 0.206. The van der Waals surface area contributed by atoms with E-state index in [9.17, 15) is 4.79 Å². The lowest BCUT2D eigenvalue weighted by Gasteiger charge is -2.08. The van der Waals surface area contributed by atoms with Gasteiger partial charge in [0.25, 0.3) is 0 Å². The van der Waals surface area contributed by atoms with Crippen LogP contribution in [0.15, 0.2) is 65.1 Å². The van der Waals surface area contributed by atoms with Gasteiger partial charge in [-0.3, -0.25) is 4.79 Å². The first-order valence-corrected chi connectivity index (χ1v) is 6.09. The summed E-state index contributed by atoms with van der Waals surface area (Å²) in [6.07, 6.45) is 0. The Balaban J connectivity index is 1.95. The van der Waals surface area contributed by atoms with Crippen molar-refractivity contribution in [3.8, 4) is 0 Å². The predicted molar refractivity (Wildman–Crippen MR) is 73.9 cm³/mol. The Kier molecular flexibility index (Phi) is 2.89. The Morgan fingerprint density at radius 1 is 1.00 bits per heavy atom. The quantitative estimate of drug-likeness (QED) is 0.726. The zero-order valence-corrected chi connectivity index (χ0v) is 10.2. The van der Waals surface area contributed by atoms with E-state index in [2.05, 4.69) is 0 Å². The van der Waals surface area contributed by atoms with E-state index in [4.69, 9.17) is 10.2 Å². The molecule has 0 aliphatic rings. The molecule has 0 aliphatic carbocycles. The van der Waals surface area contributed by atoms with Crippen LogP contribution in [0.2, 0.25) is 0 Å². The number of para-hydroxylation sites is 1. The third-order valence-electron chi connectivity index (χ3n) is 3.11. The molecule has 2 N–H and O–H groups in total. The molecule has 1 heterocycles. The number of fused-ring (bicyclic) bond motifs is 1. The van der Waals surface area contributed by atoms with Crippen molar-refractivity contribution in [2.24, 2.45) is 5.73 Å². The molecule has 3 aromatic rings. The summed E-state index contributed by atoms with van der Waals surface area (Å²) in [6.45, 7) is 0. The van der Waals surface area contributed by atoms with Gasteiger partial charge in [0.15, 0.2) is 5.76 Å². The third-order valence-corrected chi connectivity index (χ3v) is 3.11. The summed E-state index contributed by atoms with van der Waals surface area (Å²) >= 11 is 0. The molecule has 0 bridgehead atoms. The van der Waals surface area contributed by atoms with Crippen LogP contribution in [0.5, 0.6) is 0 Å². The summed E-state index contributed by atoms with van der Waals surface area (Å²) < 4.78 is 5.54. The van der Waals surface area contributed by atoms with Gasteiger partial charge in [-0.05, 0) is 17.7 Å². The largest absolute Gasteiger partial charge is 0.453 e. The number of furan rings is 1. The first kappa shape index (κ1) is 11.7. The molecule has 0 saturated carbocycles. The molecular formula is C16H13NO2. The molecule has 0 radical (unpaired) electrons. The van der Waals surface area contributed by atoms with E-state index < -0.39 is 6.04 Å². The van der Waals surface area contributed by atoms with E-state index in [-0.39, 0.29) is 5.78 Å². The lowest BCUT2D eigenvalue weighted by atomic mass is 10.0. The van der Waals surface area contributed by atoms with Crippen LogP contribution in [0.3, 0.4) is 0 Å². The molecule has 0 unspecified atom stereocenters. The van der Waals surface area contributed by atoms with Crippen molar-refractivity contribution in [1.82, 2.24) is 0 Å². The van der Waals surface area contributed by atoms with E-state index in [0.717, 1.165) is 10.9 Å². The summed E-state index contributed by atoms with van der Waals surface area (Å²) in [5.74, 6) is 0.0972. The van der Waals surface area contributed by atoms with Crippen molar-refractivity contribution in [2.75, 3.05) is 0 Å². The van der Waals surface area contributed by atoms with Crippen LogP contribution in [0.1, 0.15) is 22.2 Å². The van der Waals surface area contributed by atoms with Gasteiger partial charge in [-0.25, -0.2) is 0 Å². The molecule has 3 heteroatoms. The summed E-state index contributed by atoms with van der Waals surface area (Å²) in [6, 6.07) is 17.9. The summed E-state index contributed by atoms with van der Waals surface area (Å²) in [4.78, 5) is 12.3. The van der Waals surface area contributed by atoms with Crippen molar-refractivity contribution >= 4 is 16.8 Å². The Labute approximate surface area is 110 Å². The normalized spacial score (nSPS) is 12.5. The minimum Gasteiger partial charge on any atom is -0.453 e. The standard InChI is InChI=1S/C16H13NO2/c17-15(11-6-2-1-3-7-11)16(18)14-10-12-8-4-5-9-13(12)19-14/h1-10,15H,17H2/t15-/m1/s1.